The van der Waals surface area contributed by atoms with E-state index in [-0.39, 0.29) is 0 Å². The van der Waals surface area contributed by atoms with Gasteiger partial charge in [0.15, 0.2) is 0 Å². The van der Waals surface area contributed by atoms with Crippen molar-refractivity contribution in [2.75, 3.05) is 0 Å². The Labute approximate surface area is 53.8 Å². The molecule has 52 valence electrons. The zero-order valence-electron chi connectivity index (χ0n) is 4.14. The Hall–Kier alpha value is -0.900. The highest BCUT2D eigenvalue weighted by molar-refractivity contribution is 7.73. The van der Waals surface area contributed by atoms with Crippen LogP contribution in [0.4, 0.5) is 0 Å². The van der Waals surface area contributed by atoms with Crippen LogP contribution in [0.1, 0.15) is 0 Å². The summed E-state index contributed by atoms with van der Waals surface area (Å²) in [5.41, 5.74) is 0. The molecule has 0 saturated heterocycles. The van der Waals surface area contributed by atoms with Crippen molar-refractivity contribution in [3.05, 3.63) is 0 Å². The molecule has 0 aromatic carbocycles. The van der Waals surface area contributed by atoms with Crippen LogP contribution in [-0.2, 0) is 16.2 Å². The summed E-state index contributed by atoms with van der Waals surface area (Å²) < 4.78 is 22.8. The number of aliphatic carboxylic acids is 1. The maximum absolute atomic E-state index is 9.13. The molecule has 9 heavy (non-hydrogen) atoms. The molecule has 0 atom stereocenters. The van der Waals surface area contributed by atoms with E-state index >= 15 is 0 Å². The molecule has 0 spiro atoms. The molecule has 0 radical (unpaired) electrons. The Morgan fingerprint density at radius 2 is 1.67 bits per heavy atom. The topological polar surface area (TPSA) is 94.8 Å². The second kappa shape index (κ2) is 7.10. The van der Waals surface area contributed by atoms with Gasteiger partial charge in [0.2, 0.25) is 0 Å². The van der Waals surface area contributed by atoms with Crippen LogP contribution in [0, 0.1) is 12.3 Å². The third-order valence-corrected chi connectivity index (χ3v) is 0.123. The predicted molar refractivity (Wildman–Crippen MR) is 29.9 cm³/mol. The number of carboxylic acid groups (broad SMARTS) is 1. The molecule has 0 bridgehead atoms. The van der Waals surface area contributed by atoms with Crippen molar-refractivity contribution in [2.24, 2.45) is 0 Å². The van der Waals surface area contributed by atoms with Gasteiger partial charge in [-0.1, -0.05) is 0 Å². The Bertz CT molecular complexity index is 141. The van der Waals surface area contributed by atoms with E-state index in [4.69, 9.17) is 23.2 Å². The summed E-state index contributed by atoms with van der Waals surface area (Å²) in [6.07, 6.45) is 4.32. The second-order valence-electron chi connectivity index (χ2n) is 0.680. The van der Waals surface area contributed by atoms with E-state index in [1.807, 2.05) is 0 Å². The van der Waals surface area contributed by atoms with Gasteiger partial charge in [0.25, 0.3) is 11.4 Å². The van der Waals surface area contributed by atoms with Crippen molar-refractivity contribution >= 4 is 17.3 Å². The average Bonchev–Trinajstić information content (AvgIpc) is 1.65. The van der Waals surface area contributed by atoms with Gasteiger partial charge in [-0.15, -0.1) is 6.42 Å². The van der Waals surface area contributed by atoms with Crippen LogP contribution in [0.3, 0.4) is 0 Å². The number of rotatable bonds is 0. The normalized spacial score (nSPS) is 6.89. The van der Waals surface area contributed by atoms with Crippen LogP contribution in [0.2, 0.25) is 0 Å². The third-order valence-electron chi connectivity index (χ3n) is 0.123. The molecule has 0 aromatic heterocycles. The van der Waals surface area contributed by atoms with E-state index in [0.717, 1.165) is 0 Å². The summed E-state index contributed by atoms with van der Waals surface area (Å²) in [6, 6.07) is 0. The van der Waals surface area contributed by atoms with Crippen molar-refractivity contribution < 1.29 is 23.2 Å². The van der Waals surface area contributed by atoms with E-state index in [2.05, 4.69) is 6.42 Å². The van der Waals surface area contributed by atoms with E-state index in [9.17, 15) is 0 Å². The summed E-state index contributed by atoms with van der Waals surface area (Å²) >= 11 is -2.61. The maximum atomic E-state index is 9.13. The van der Waals surface area contributed by atoms with Crippen LogP contribution in [0.15, 0.2) is 0 Å². The van der Waals surface area contributed by atoms with Crippen molar-refractivity contribution in [3.8, 4) is 12.3 Å². The molecule has 0 heterocycles. The lowest BCUT2D eigenvalue weighted by molar-refractivity contribution is -0.130. The molecule has 0 saturated carbocycles. The first-order chi connectivity index (χ1) is 4.00. The van der Waals surface area contributed by atoms with Gasteiger partial charge in [0.05, 0.1) is 0 Å². The predicted octanol–water partition coefficient (Wildman–Crippen LogP) is -0.615. The molecule has 0 aromatic rings. The SMILES string of the molecule is C#CC(=O)O.O=S(O)O. The van der Waals surface area contributed by atoms with Crippen LogP contribution in [-0.4, -0.2) is 24.4 Å². The fourth-order valence-corrected chi connectivity index (χ4v) is 0. The Morgan fingerprint density at radius 3 is 1.67 bits per heavy atom. The molecular formula is C3H4O5S. The largest absolute Gasteiger partial charge is 0.472 e. The molecule has 3 N–H and O–H groups in total. The van der Waals surface area contributed by atoms with Crippen molar-refractivity contribution in [1.82, 2.24) is 0 Å². The average molecular weight is 152 g/mol. The highest BCUT2D eigenvalue weighted by Gasteiger charge is 1.74. The Kier molecular flexibility index (Phi) is 8.66. The zero-order valence-corrected chi connectivity index (χ0v) is 4.96. The van der Waals surface area contributed by atoms with Gasteiger partial charge in [-0.3, -0.25) is 9.11 Å². The maximum Gasteiger partial charge on any atom is 0.381 e. The zero-order chi connectivity index (χ0) is 7.86. The van der Waals surface area contributed by atoms with Gasteiger partial charge in [-0.2, -0.15) is 4.21 Å². The summed E-state index contributed by atoms with van der Waals surface area (Å²) in [5, 5.41) is 7.49. The summed E-state index contributed by atoms with van der Waals surface area (Å²) in [5.74, 6) is 0.227. The van der Waals surface area contributed by atoms with Crippen LogP contribution in [0.5, 0.6) is 0 Å². The number of carboxylic acids is 1. The number of carbonyl (C=O) groups is 1. The first-order valence-corrected chi connectivity index (χ1v) is 2.56. The van der Waals surface area contributed by atoms with Crippen LogP contribution in [0.25, 0.3) is 0 Å². The van der Waals surface area contributed by atoms with E-state index in [1.54, 1.807) is 0 Å². The second-order valence-corrected chi connectivity index (χ2v) is 1.14. The minimum absolute atomic E-state index is 1.22. The van der Waals surface area contributed by atoms with E-state index < -0.39 is 17.3 Å². The number of terminal acetylenes is 1. The van der Waals surface area contributed by atoms with Gasteiger partial charge >= 0.3 is 5.97 Å². The lowest BCUT2D eigenvalue weighted by Crippen LogP contribution is -1.83. The molecule has 0 unspecified atom stereocenters. The molecule has 0 rings (SSSR count). The minimum Gasteiger partial charge on any atom is -0.472 e. The Balaban J connectivity index is 0. The quantitative estimate of drug-likeness (QED) is 0.318. The lowest BCUT2D eigenvalue weighted by Gasteiger charge is -1.60. The van der Waals surface area contributed by atoms with E-state index in [0.29, 0.717) is 0 Å². The van der Waals surface area contributed by atoms with Gasteiger partial charge < -0.3 is 5.11 Å². The number of hydrogen-bond donors (Lipinski definition) is 3. The molecule has 6 heteroatoms. The minimum atomic E-state index is -2.61. The fraction of sp³-hybridized carbons (Fsp3) is 0. The summed E-state index contributed by atoms with van der Waals surface area (Å²) in [7, 11) is 0. The Morgan fingerprint density at radius 1 is 1.56 bits per heavy atom. The van der Waals surface area contributed by atoms with Gasteiger partial charge in [0.1, 0.15) is 0 Å². The van der Waals surface area contributed by atoms with Crippen molar-refractivity contribution in [3.63, 3.8) is 0 Å². The molecule has 0 aliphatic carbocycles. The number of hydrogen-bond acceptors (Lipinski definition) is 2. The molecule has 0 aliphatic heterocycles. The lowest BCUT2D eigenvalue weighted by atomic mass is 10.7. The standard InChI is InChI=1S/C3H2O2.H2O3S/c1-2-3(4)5;1-4(2)3/h1H,(H,4,5);(H2,1,2,3). The third kappa shape index (κ3) is 153. The molecular weight excluding hydrogens is 148 g/mol. The smallest absolute Gasteiger partial charge is 0.381 e. The van der Waals surface area contributed by atoms with Gasteiger partial charge in [-0.05, 0) is 0 Å². The van der Waals surface area contributed by atoms with Gasteiger partial charge in [0, 0.05) is 5.92 Å². The van der Waals surface area contributed by atoms with Crippen LogP contribution < -0.4 is 0 Å². The molecule has 0 fully saturated rings. The summed E-state index contributed by atoms with van der Waals surface area (Å²) in [6.45, 7) is 0. The highest BCUT2D eigenvalue weighted by Crippen LogP contribution is 1.45. The monoisotopic (exact) mass is 152 g/mol. The summed E-state index contributed by atoms with van der Waals surface area (Å²) in [4.78, 5) is 9.13. The first-order valence-electron chi connectivity index (χ1n) is 1.50. The van der Waals surface area contributed by atoms with Crippen LogP contribution >= 0.6 is 0 Å². The fourth-order valence-electron chi connectivity index (χ4n) is 0. The molecule has 5 nitrogen and oxygen atoms in total. The molecule has 0 aliphatic rings. The highest BCUT2D eigenvalue weighted by atomic mass is 32.2. The first kappa shape index (κ1) is 11.0. The van der Waals surface area contributed by atoms with E-state index in [1.165, 1.54) is 5.92 Å². The molecule has 0 amide bonds. The van der Waals surface area contributed by atoms with Crippen molar-refractivity contribution in [2.45, 2.75) is 0 Å². The van der Waals surface area contributed by atoms with Crippen molar-refractivity contribution in [1.29, 1.82) is 0 Å². The van der Waals surface area contributed by atoms with Gasteiger partial charge in [-0.25, -0.2) is 4.79 Å².